The quantitative estimate of drug-likeness (QED) is 0.465. The highest BCUT2D eigenvalue weighted by Gasteiger charge is 2.34. The molecular formula is C25H22FN3O2. The van der Waals surface area contributed by atoms with E-state index in [4.69, 9.17) is 4.74 Å². The third-order valence-electron chi connectivity index (χ3n) is 5.80. The number of anilines is 1. The van der Waals surface area contributed by atoms with Gasteiger partial charge in [-0.05, 0) is 47.9 Å². The fraction of sp³-hybridized carbons (Fsp3) is 0.160. The fourth-order valence-corrected chi connectivity index (χ4v) is 4.35. The first-order chi connectivity index (χ1) is 15.1. The molecule has 1 atom stereocenters. The number of amides is 2. The number of carbonyl (C=O) groups excluding carboxylic acids is 1. The number of aromatic nitrogens is 1. The number of benzene rings is 3. The second kappa shape index (κ2) is 7.80. The summed E-state index contributed by atoms with van der Waals surface area (Å²) in [4.78, 5) is 18.6. The van der Waals surface area contributed by atoms with Gasteiger partial charge in [0.05, 0.1) is 13.2 Å². The molecule has 1 aliphatic rings. The van der Waals surface area contributed by atoms with E-state index in [2.05, 4.69) is 16.4 Å². The zero-order chi connectivity index (χ0) is 21.4. The first-order valence-corrected chi connectivity index (χ1v) is 10.2. The molecule has 1 aliphatic heterocycles. The second-order valence-corrected chi connectivity index (χ2v) is 7.62. The average molecular weight is 415 g/mol. The van der Waals surface area contributed by atoms with E-state index in [1.165, 1.54) is 17.7 Å². The number of halogens is 1. The van der Waals surface area contributed by atoms with Gasteiger partial charge in [-0.25, -0.2) is 9.18 Å². The van der Waals surface area contributed by atoms with Gasteiger partial charge in [0.1, 0.15) is 11.6 Å². The Morgan fingerprint density at radius 1 is 1.10 bits per heavy atom. The number of nitrogens with zero attached hydrogens (tertiary/aromatic N) is 1. The summed E-state index contributed by atoms with van der Waals surface area (Å²) in [6.45, 7) is 0.548. The van der Waals surface area contributed by atoms with Crippen molar-refractivity contribution in [3.63, 3.8) is 0 Å². The van der Waals surface area contributed by atoms with Gasteiger partial charge in [-0.15, -0.1) is 0 Å². The normalized spacial score (nSPS) is 15.5. The van der Waals surface area contributed by atoms with Crippen molar-refractivity contribution in [1.29, 1.82) is 0 Å². The summed E-state index contributed by atoms with van der Waals surface area (Å²) in [5, 5.41) is 4.15. The third kappa shape index (κ3) is 3.50. The van der Waals surface area contributed by atoms with Gasteiger partial charge in [0, 0.05) is 34.9 Å². The predicted molar refractivity (Wildman–Crippen MR) is 119 cm³/mol. The average Bonchev–Trinajstić information content (AvgIpc) is 3.18. The minimum Gasteiger partial charge on any atom is -0.497 e. The smallest absolute Gasteiger partial charge is 0.322 e. The van der Waals surface area contributed by atoms with E-state index in [1.807, 2.05) is 36.4 Å². The molecule has 5 nitrogen and oxygen atoms in total. The minimum atomic E-state index is -0.345. The molecule has 3 aromatic carbocycles. The molecule has 2 heterocycles. The van der Waals surface area contributed by atoms with Crippen molar-refractivity contribution in [2.75, 3.05) is 19.0 Å². The highest BCUT2D eigenvalue weighted by molar-refractivity contribution is 5.91. The molecule has 31 heavy (non-hydrogen) atoms. The number of urea groups is 1. The number of H-pyrrole nitrogens is 1. The van der Waals surface area contributed by atoms with E-state index in [0.29, 0.717) is 18.0 Å². The lowest BCUT2D eigenvalue weighted by molar-refractivity contribution is 0.193. The summed E-state index contributed by atoms with van der Waals surface area (Å²) in [7, 11) is 1.59. The minimum absolute atomic E-state index is 0.216. The van der Waals surface area contributed by atoms with Crippen LogP contribution in [0.3, 0.4) is 0 Å². The number of fused-ring (bicyclic) bond motifs is 3. The fourth-order valence-electron chi connectivity index (χ4n) is 4.35. The van der Waals surface area contributed by atoms with Crippen LogP contribution in [-0.2, 0) is 6.42 Å². The van der Waals surface area contributed by atoms with Crippen LogP contribution in [0.2, 0.25) is 0 Å². The summed E-state index contributed by atoms with van der Waals surface area (Å²) in [5.41, 5.74) is 4.73. The number of methoxy groups -OCH3 is 1. The van der Waals surface area contributed by atoms with Gasteiger partial charge in [-0.1, -0.05) is 36.4 Å². The molecular weight excluding hydrogens is 393 g/mol. The van der Waals surface area contributed by atoms with Gasteiger partial charge >= 0.3 is 6.03 Å². The lowest BCUT2D eigenvalue weighted by atomic mass is 9.92. The van der Waals surface area contributed by atoms with Crippen molar-refractivity contribution >= 4 is 22.6 Å². The summed E-state index contributed by atoms with van der Waals surface area (Å²) in [6.07, 6.45) is 0.739. The molecule has 156 valence electrons. The Hall–Kier alpha value is -3.80. The molecule has 0 spiro atoms. The summed E-state index contributed by atoms with van der Waals surface area (Å²) in [6, 6.07) is 21.2. The molecule has 0 radical (unpaired) electrons. The Morgan fingerprint density at radius 2 is 1.90 bits per heavy atom. The second-order valence-electron chi connectivity index (χ2n) is 7.62. The van der Waals surface area contributed by atoms with Crippen LogP contribution < -0.4 is 10.1 Å². The Kier molecular flexibility index (Phi) is 4.82. The molecule has 0 saturated heterocycles. The first kappa shape index (κ1) is 19.2. The zero-order valence-electron chi connectivity index (χ0n) is 17.1. The van der Waals surface area contributed by atoms with Gasteiger partial charge < -0.3 is 19.9 Å². The van der Waals surface area contributed by atoms with Crippen molar-refractivity contribution < 1.29 is 13.9 Å². The van der Waals surface area contributed by atoms with Gasteiger partial charge in [0.25, 0.3) is 0 Å². The Bertz CT molecular complexity index is 1250. The van der Waals surface area contributed by atoms with Gasteiger partial charge in [0.15, 0.2) is 0 Å². The van der Waals surface area contributed by atoms with Crippen molar-refractivity contribution in [2.45, 2.75) is 12.5 Å². The van der Waals surface area contributed by atoms with Gasteiger partial charge in [-0.3, -0.25) is 0 Å². The van der Waals surface area contributed by atoms with Crippen LogP contribution in [0.15, 0.2) is 72.8 Å². The number of hydrogen-bond acceptors (Lipinski definition) is 2. The van der Waals surface area contributed by atoms with E-state index in [9.17, 15) is 9.18 Å². The molecule has 0 aliphatic carbocycles. The maximum Gasteiger partial charge on any atom is 0.322 e. The lowest BCUT2D eigenvalue weighted by Crippen LogP contribution is -2.43. The summed E-state index contributed by atoms with van der Waals surface area (Å²) >= 11 is 0. The molecule has 6 heteroatoms. The van der Waals surface area contributed by atoms with Crippen molar-refractivity contribution in [3.8, 4) is 5.75 Å². The Labute approximate surface area is 179 Å². The van der Waals surface area contributed by atoms with Crippen LogP contribution in [0.1, 0.15) is 22.9 Å². The lowest BCUT2D eigenvalue weighted by Gasteiger charge is -2.36. The summed E-state index contributed by atoms with van der Waals surface area (Å²) < 4.78 is 18.9. The molecule has 0 fully saturated rings. The molecule has 4 aromatic rings. The van der Waals surface area contributed by atoms with E-state index in [-0.39, 0.29) is 17.9 Å². The highest BCUT2D eigenvalue weighted by atomic mass is 19.1. The number of nitrogens with one attached hydrogen (secondary N) is 2. The predicted octanol–water partition coefficient (Wildman–Crippen LogP) is 5.50. The van der Waals surface area contributed by atoms with Crippen molar-refractivity contribution in [3.05, 3.63) is 95.4 Å². The third-order valence-corrected chi connectivity index (χ3v) is 5.80. The largest absolute Gasteiger partial charge is 0.497 e. The number of rotatable bonds is 3. The monoisotopic (exact) mass is 415 g/mol. The number of carbonyl (C=O) groups is 1. The van der Waals surface area contributed by atoms with E-state index < -0.39 is 0 Å². The zero-order valence-corrected chi connectivity index (χ0v) is 17.1. The first-order valence-electron chi connectivity index (χ1n) is 10.2. The highest BCUT2D eigenvalue weighted by Crippen LogP contribution is 2.38. The molecule has 2 N–H and O–H groups in total. The van der Waals surface area contributed by atoms with Gasteiger partial charge in [0.2, 0.25) is 0 Å². The maximum absolute atomic E-state index is 13.6. The summed E-state index contributed by atoms with van der Waals surface area (Å²) in [5.74, 6) is 0.369. The number of ether oxygens (including phenoxy) is 1. The van der Waals surface area contributed by atoms with E-state index >= 15 is 0 Å². The standard InChI is InChI=1S/C25H22FN3O2/c1-31-19-6-4-5-18(15-19)27-25(30)29-14-13-21-20-7-2-3-8-22(20)28-23(21)24(29)16-9-11-17(26)12-10-16/h2-12,15,24,28H,13-14H2,1H3,(H,27,30). The van der Waals surface area contributed by atoms with Gasteiger partial charge in [-0.2, -0.15) is 0 Å². The van der Waals surface area contributed by atoms with E-state index in [0.717, 1.165) is 28.6 Å². The molecule has 0 saturated carbocycles. The number of para-hydroxylation sites is 1. The molecule has 2 amide bonds. The van der Waals surface area contributed by atoms with Crippen LogP contribution >= 0.6 is 0 Å². The van der Waals surface area contributed by atoms with Crippen LogP contribution in [0.25, 0.3) is 10.9 Å². The van der Waals surface area contributed by atoms with Crippen LogP contribution in [0.4, 0.5) is 14.9 Å². The number of aromatic amines is 1. The SMILES string of the molecule is COc1cccc(NC(=O)N2CCc3c([nH]c4ccccc34)C2c2ccc(F)cc2)c1. The van der Waals surface area contributed by atoms with Crippen LogP contribution in [0.5, 0.6) is 5.75 Å². The molecule has 5 rings (SSSR count). The molecule has 1 unspecified atom stereocenters. The molecule has 1 aromatic heterocycles. The van der Waals surface area contributed by atoms with Crippen molar-refractivity contribution in [1.82, 2.24) is 9.88 Å². The topological polar surface area (TPSA) is 57.4 Å². The Morgan fingerprint density at radius 3 is 2.71 bits per heavy atom. The van der Waals surface area contributed by atoms with E-state index in [1.54, 1.807) is 30.2 Å². The Balaban J connectivity index is 1.55. The maximum atomic E-state index is 13.6. The molecule has 0 bridgehead atoms. The van der Waals surface area contributed by atoms with Crippen LogP contribution in [0, 0.1) is 5.82 Å². The van der Waals surface area contributed by atoms with Crippen molar-refractivity contribution in [2.24, 2.45) is 0 Å². The number of hydrogen-bond donors (Lipinski definition) is 2. The van der Waals surface area contributed by atoms with Crippen LogP contribution in [-0.4, -0.2) is 29.6 Å².